The van der Waals surface area contributed by atoms with E-state index >= 15 is 0 Å². The van der Waals surface area contributed by atoms with Gasteiger partial charge >= 0.3 is 0 Å². The molecule has 0 spiro atoms. The van der Waals surface area contributed by atoms with E-state index in [1.807, 2.05) is 6.92 Å². The summed E-state index contributed by atoms with van der Waals surface area (Å²) in [5, 5.41) is 0. The van der Waals surface area contributed by atoms with Crippen molar-refractivity contribution < 1.29 is 4.39 Å². The van der Waals surface area contributed by atoms with E-state index in [0.717, 1.165) is 22.9 Å². The minimum absolute atomic E-state index is 0.144. The average Bonchev–Trinajstić information content (AvgIpc) is 2.18. The molecule has 1 nitrogen and oxygen atoms in total. The Morgan fingerprint density at radius 1 is 1.47 bits per heavy atom. The van der Waals surface area contributed by atoms with Gasteiger partial charge in [-0.1, -0.05) is 29.3 Å². The number of nitrogens with two attached hydrogens (primary N) is 1. The van der Waals surface area contributed by atoms with Gasteiger partial charge in [-0.2, -0.15) is 0 Å². The predicted molar refractivity (Wildman–Crippen MR) is 65.2 cm³/mol. The van der Waals surface area contributed by atoms with Crippen molar-refractivity contribution in [1.29, 1.82) is 0 Å². The molecule has 84 valence electrons. The zero-order valence-electron chi connectivity index (χ0n) is 9.13. The van der Waals surface area contributed by atoms with Crippen LogP contribution in [-0.4, -0.2) is 6.04 Å². The second-order valence-corrected chi connectivity index (χ2v) is 4.82. The minimum atomic E-state index is -0.187. The van der Waals surface area contributed by atoms with Crippen LogP contribution < -0.4 is 5.73 Å². The summed E-state index contributed by atoms with van der Waals surface area (Å²) in [6, 6.07) is 4.93. The molecule has 3 heteroatoms. The molecule has 0 bridgehead atoms. The monoisotopic (exact) mass is 273 g/mol. The molecule has 2 N–H and O–H groups in total. The lowest BCUT2D eigenvalue weighted by Crippen LogP contribution is -2.27. The molecule has 1 aromatic carbocycles. The Bertz CT molecular complexity index is 325. The van der Waals surface area contributed by atoms with Gasteiger partial charge in [-0.15, -0.1) is 0 Å². The van der Waals surface area contributed by atoms with E-state index < -0.39 is 0 Å². The molecule has 0 aliphatic rings. The molecule has 15 heavy (non-hydrogen) atoms. The maximum absolute atomic E-state index is 13.1. The smallest absolute Gasteiger partial charge is 0.123 e. The van der Waals surface area contributed by atoms with E-state index in [9.17, 15) is 4.39 Å². The minimum Gasteiger partial charge on any atom is -0.328 e. The molecular formula is C12H17BrFN. The van der Waals surface area contributed by atoms with Crippen molar-refractivity contribution in [3.8, 4) is 0 Å². The van der Waals surface area contributed by atoms with E-state index in [1.54, 1.807) is 12.1 Å². The van der Waals surface area contributed by atoms with Crippen LogP contribution in [0.4, 0.5) is 4.39 Å². The number of hydrogen-bond acceptors (Lipinski definition) is 1. The lowest BCUT2D eigenvalue weighted by Gasteiger charge is -2.19. The largest absolute Gasteiger partial charge is 0.328 e. The Morgan fingerprint density at radius 2 is 2.13 bits per heavy atom. The summed E-state index contributed by atoms with van der Waals surface area (Å²) >= 11 is 3.43. The summed E-state index contributed by atoms with van der Waals surface area (Å²) < 4.78 is 14.0. The van der Waals surface area contributed by atoms with Crippen LogP contribution in [0.15, 0.2) is 22.7 Å². The first kappa shape index (κ1) is 12.7. The SMILES string of the molecule is CCC(Cc1cc(F)ccc1Br)C(C)N. The van der Waals surface area contributed by atoms with Crippen molar-refractivity contribution in [3.05, 3.63) is 34.1 Å². The summed E-state index contributed by atoms with van der Waals surface area (Å²) in [6.45, 7) is 4.11. The first-order chi connectivity index (χ1) is 7.04. The molecule has 0 fully saturated rings. The summed E-state index contributed by atoms with van der Waals surface area (Å²) in [5.74, 6) is 0.218. The molecule has 0 aromatic heterocycles. The van der Waals surface area contributed by atoms with E-state index in [-0.39, 0.29) is 11.9 Å². The zero-order valence-corrected chi connectivity index (χ0v) is 10.7. The first-order valence-corrected chi connectivity index (χ1v) is 6.03. The Morgan fingerprint density at radius 3 is 2.67 bits per heavy atom. The summed E-state index contributed by atoms with van der Waals surface area (Å²) in [6.07, 6.45) is 1.84. The third kappa shape index (κ3) is 3.58. The van der Waals surface area contributed by atoms with Crippen molar-refractivity contribution in [2.24, 2.45) is 11.7 Å². The quantitative estimate of drug-likeness (QED) is 0.893. The van der Waals surface area contributed by atoms with Crippen molar-refractivity contribution in [2.75, 3.05) is 0 Å². The average molecular weight is 274 g/mol. The zero-order chi connectivity index (χ0) is 11.4. The molecule has 1 rings (SSSR count). The molecular weight excluding hydrogens is 257 g/mol. The van der Waals surface area contributed by atoms with Gasteiger partial charge in [-0.25, -0.2) is 4.39 Å². The van der Waals surface area contributed by atoms with E-state index in [2.05, 4.69) is 22.9 Å². The number of benzene rings is 1. The number of halogens is 2. The van der Waals surface area contributed by atoms with Gasteiger partial charge in [0.2, 0.25) is 0 Å². The molecule has 0 saturated carbocycles. The van der Waals surface area contributed by atoms with E-state index in [4.69, 9.17) is 5.73 Å². The highest BCUT2D eigenvalue weighted by molar-refractivity contribution is 9.10. The Labute approximate surface area is 99.0 Å². The third-order valence-electron chi connectivity index (χ3n) is 2.76. The second-order valence-electron chi connectivity index (χ2n) is 3.97. The molecule has 0 saturated heterocycles. The van der Waals surface area contributed by atoms with Gasteiger partial charge in [0, 0.05) is 10.5 Å². The van der Waals surface area contributed by atoms with Crippen LogP contribution in [0.2, 0.25) is 0 Å². The Balaban J connectivity index is 2.82. The summed E-state index contributed by atoms with van der Waals surface area (Å²) in [5.41, 5.74) is 6.87. The summed E-state index contributed by atoms with van der Waals surface area (Å²) in [4.78, 5) is 0. The second kappa shape index (κ2) is 5.61. The fraction of sp³-hybridized carbons (Fsp3) is 0.500. The van der Waals surface area contributed by atoms with Crippen LogP contribution in [0.25, 0.3) is 0 Å². The van der Waals surface area contributed by atoms with Crippen molar-refractivity contribution in [2.45, 2.75) is 32.7 Å². The molecule has 2 atom stereocenters. The molecule has 0 amide bonds. The summed E-state index contributed by atoms with van der Waals surface area (Å²) in [7, 11) is 0. The Hall–Kier alpha value is -0.410. The van der Waals surface area contributed by atoms with Gasteiger partial charge < -0.3 is 5.73 Å². The van der Waals surface area contributed by atoms with Crippen LogP contribution in [0, 0.1) is 11.7 Å². The highest BCUT2D eigenvalue weighted by Crippen LogP contribution is 2.23. The third-order valence-corrected chi connectivity index (χ3v) is 3.53. The van der Waals surface area contributed by atoms with Crippen LogP contribution in [-0.2, 0) is 6.42 Å². The van der Waals surface area contributed by atoms with Gasteiger partial charge in [-0.05, 0) is 43.0 Å². The first-order valence-electron chi connectivity index (χ1n) is 5.24. The Kier molecular flexibility index (Phi) is 4.74. The van der Waals surface area contributed by atoms with Gasteiger partial charge in [0.25, 0.3) is 0 Å². The molecule has 0 heterocycles. The molecule has 0 aliphatic heterocycles. The molecule has 1 aromatic rings. The maximum Gasteiger partial charge on any atom is 0.123 e. The standard InChI is InChI=1S/C12H17BrFN/c1-3-9(8(2)15)6-10-7-11(14)4-5-12(10)13/h4-5,7-9H,3,6,15H2,1-2H3. The van der Waals surface area contributed by atoms with Crippen LogP contribution in [0.1, 0.15) is 25.8 Å². The van der Waals surface area contributed by atoms with Crippen LogP contribution >= 0.6 is 15.9 Å². The highest BCUT2D eigenvalue weighted by Gasteiger charge is 2.14. The fourth-order valence-corrected chi connectivity index (χ4v) is 2.09. The van der Waals surface area contributed by atoms with Crippen LogP contribution in [0.3, 0.4) is 0 Å². The lowest BCUT2D eigenvalue weighted by molar-refractivity contribution is 0.426. The number of rotatable bonds is 4. The predicted octanol–water partition coefficient (Wildman–Crippen LogP) is 3.50. The van der Waals surface area contributed by atoms with Crippen LogP contribution in [0.5, 0.6) is 0 Å². The maximum atomic E-state index is 13.1. The number of hydrogen-bond donors (Lipinski definition) is 1. The van der Waals surface area contributed by atoms with Crippen molar-refractivity contribution >= 4 is 15.9 Å². The van der Waals surface area contributed by atoms with E-state index in [0.29, 0.717) is 5.92 Å². The van der Waals surface area contributed by atoms with Gasteiger partial charge in [0.15, 0.2) is 0 Å². The van der Waals surface area contributed by atoms with Gasteiger partial charge in [0.1, 0.15) is 5.82 Å². The van der Waals surface area contributed by atoms with Gasteiger partial charge in [0.05, 0.1) is 0 Å². The normalized spacial score (nSPS) is 15.0. The van der Waals surface area contributed by atoms with Gasteiger partial charge in [-0.3, -0.25) is 0 Å². The van der Waals surface area contributed by atoms with E-state index in [1.165, 1.54) is 6.07 Å². The van der Waals surface area contributed by atoms with Crippen molar-refractivity contribution in [1.82, 2.24) is 0 Å². The topological polar surface area (TPSA) is 26.0 Å². The molecule has 2 unspecified atom stereocenters. The molecule has 0 aliphatic carbocycles. The van der Waals surface area contributed by atoms with Crippen molar-refractivity contribution in [3.63, 3.8) is 0 Å². The highest BCUT2D eigenvalue weighted by atomic mass is 79.9. The fourth-order valence-electron chi connectivity index (χ4n) is 1.68. The molecule has 0 radical (unpaired) electrons. The lowest BCUT2D eigenvalue weighted by atomic mass is 9.91.